The maximum Gasteiger partial charge on any atom is 0.0992 e. The Bertz CT molecular complexity index is 391. The molecule has 0 radical (unpaired) electrons. The maximum atomic E-state index is 8.95. The molecule has 0 saturated carbocycles. The van der Waals surface area contributed by atoms with Crippen molar-refractivity contribution in [3.8, 4) is 6.07 Å². The largest absolute Gasteiger partial charge is 0.380 e. The third kappa shape index (κ3) is 5.73. The number of nitrogens with zero attached hydrogens (tertiary/aromatic N) is 2. The fourth-order valence-electron chi connectivity index (χ4n) is 1.78. The topological polar surface area (TPSA) is 45.5 Å². The minimum atomic E-state index is 0.676. The summed E-state index contributed by atoms with van der Waals surface area (Å²) in [4.78, 5) is 2.19. The first kappa shape index (κ1) is 15.5. The zero-order chi connectivity index (χ0) is 13.9. The van der Waals surface area contributed by atoms with Crippen LogP contribution < -0.4 is 4.90 Å². The molecule has 0 N–H and O–H groups in total. The fourth-order valence-corrected chi connectivity index (χ4v) is 1.78. The summed E-state index contributed by atoms with van der Waals surface area (Å²) < 4.78 is 10.8. The molecule has 0 atom stereocenters. The first-order valence-electron chi connectivity index (χ1n) is 6.72. The summed E-state index contributed by atoms with van der Waals surface area (Å²) in [7, 11) is 0. The second-order valence-electron chi connectivity index (χ2n) is 4.04. The Balaban J connectivity index is 2.66. The number of benzene rings is 1. The Morgan fingerprint density at radius 1 is 1.11 bits per heavy atom. The van der Waals surface area contributed by atoms with Crippen molar-refractivity contribution in [1.82, 2.24) is 0 Å². The van der Waals surface area contributed by atoms with Gasteiger partial charge in [0.1, 0.15) is 0 Å². The van der Waals surface area contributed by atoms with Gasteiger partial charge in [0.15, 0.2) is 0 Å². The smallest absolute Gasteiger partial charge is 0.0992 e. The number of hydrogen-bond donors (Lipinski definition) is 0. The van der Waals surface area contributed by atoms with Gasteiger partial charge in [-0.15, -0.1) is 0 Å². The van der Waals surface area contributed by atoms with Crippen LogP contribution in [0.1, 0.15) is 19.4 Å². The standard InChI is InChI=1S/C15H22N2O2/c1-3-18-10-8-17(9-11-19-4-2)15-7-5-6-14(12-15)13-16/h5-7,12H,3-4,8-11H2,1-2H3. The van der Waals surface area contributed by atoms with Crippen molar-refractivity contribution in [1.29, 1.82) is 5.26 Å². The van der Waals surface area contributed by atoms with Gasteiger partial charge in [-0.05, 0) is 32.0 Å². The van der Waals surface area contributed by atoms with E-state index < -0.39 is 0 Å². The number of anilines is 1. The first-order valence-corrected chi connectivity index (χ1v) is 6.72. The molecule has 19 heavy (non-hydrogen) atoms. The normalized spacial score (nSPS) is 10.2. The summed E-state index contributed by atoms with van der Waals surface area (Å²) in [6.07, 6.45) is 0. The van der Waals surface area contributed by atoms with Gasteiger partial charge in [-0.1, -0.05) is 6.07 Å². The van der Waals surface area contributed by atoms with Crippen LogP contribution in [0.4, 0.5) is 5.69 Å². The fraction of sp³-hybridized carbons (Fsp3) is 0.533. The molecule has 0 aromatic heterocycles. The highest BCUT2D eigenvalue weighted by molar-refractivity contribution is 5.51. The van der Waals surface area contributed by atoms with E-state index in [1.807, 2.05) is 38.1 Å². The number of hydrogen-bond acceptors (Lipinski definition) is 4. The lowest BCUT2D eigenvalue weighted by molar-refractivity contribution is 0.141. The van der Waals surface area contributed by atoms with Crippen molar-refractivity contribution in [2.24, 2.45) is 0 Å². The molecule has 1 aromatic rings. The van der Waals surface area contributed by atoms with Crippen LogP contribution in [0.15, 0.2) is 24.3 Å². The summed E-state index contributed by atoms with van der Waals surface area (Å²) >= 11 is 0. The Kier molecular flexibility index (Phi) is 7.64. The third-order valence-corrected chi connectivity index (χ3v) is 2.76. The van der Waals surface area contributed by atoms with Gasteiger partial charge in [0.25, 0.3) is 0 Å². The molecule has 0 saturated heterocycles. The summed E-state index contributed by atoms with van der Waals surface area (Å²) in [5.74, 6) is 0. The highest BCUT2D eigenvalue weighted by Crippen LogP contribution is 2.15. The van der Waals surface area contributed by atoms with Crippen LogP contribution in [-0.4, -0.2) is 39.5 Å². The van der Waals surface area contributed by atoms with Crippen LogP contribution in [0.5, 0.6) is 0 Å². The molecule has 0 aliphatic carbocycles. The molecular weight excluding hydrogens is 240 g/mol. The Labute approximate surface area is 115 Å². The number of nitriles is 1. The summed E-state index contributed by atoms with van der Waals surface area (Å²) in [5, 5.41) is 8.95. The van der Waals surface area contributed by atoms with Gasteiger partial charge in [0.2, 0.25) is 0 Å². The first-order chi connectivity index (χ1) is 9.31. The zero-order valence-electron chi connectivity index (χ0n) is 11.8. The van der Waals surface area contributed by atoms with E-state index in [9.17, 15) is 0 Å². The molecule has 1 aromatic carbocycles. The summed E-state index contributed by atoms with van der Waals surface area (Å²) in [6.45, 7) is 8.38. The number of rotatable bonds is 9. The van der Waals surface area contributed by atoms with Crippen molar-refractivity contribution in [2.45, 2.75) is 13.8 Å². The highest BCUT2D eigenvalue weighted by atomic mass is 16.5. The van der Waals surface area contributed by atoms with Crippen LogP contribution in [0.2, 0.25) is 0 Å². The predicted molar refractivity (Wildman–Crippen MR) is 76.4 cm³/mol. The SMILES string of the molecule is CCOCCN(CCOCC)c1cccc(C#N)c1. The lowest BCUT2D eigenvalue weighted by atomic mass is 10.2. The maximum absolute atomic E-state index is 8.95. The molecule has 0 spiro atoms. The monoisotopic (exact) mass is 262 g/mol. The molecule has 0 bridgehead atoms. The second kappa shape index (κ2) is 9.37. The minimum absolute atomic E-state index is 0.676. The van der Waals surface area contributed by atoms with E-state index in [1.54, 1.807) is 0 Å². The molecule has 0 heterocycles. The quantitative estimate of drug-likeness (QED) is 0.641. The van der Waals surface area contributed by atoms with Gasteiger partial charge >= 0.3 is 0 Å². The van der Waals surface area contributed by atoms with Crippen molar-refractivity contribution in [3.05, 3.63) is 29.8 Å². The van der Waals surface area contributed by atoms with Crippen LogP contribution in [0, 0.1) is 11.3 Å². The summed E-state index contributed by atoms with van der Waals surface area (Å²) in [6, 6.07) is 9.80. The minimum Gasteiger partial charge on any atom is -0.380 e. The molecule has 0 amide bonds. The Morgan fingerprint density at radius 3 is 2.26 bits per heavy atom. The molecule has 0 fully saturated rings. The molecule has 1 rings (SSSR count). The van der Waals surface area contributed by atoms with E-state index in [-0.39, 0.29) is 0 Å². The van der Waals surface area contributed by atoms with Crippen LogP contribution in [0.25, 0.3) is 0 Å². The van der Waals surface area contributed by atoms with Gasteiger partial charge in [-0.25, -0.2) is 0 Å². The van der Waals surface area contributed by atoms with Crippen molar-refractivity contribution in [3.63, 3.8) is 0 Å². The van der Waals surface area contributed by atoms with Gasteiger partial charge < -0.3 is 14.4 Å². The zero-order valence-corrected chi connectivity index (χ0v) is 11.8. The van der Waals surface area contributed by atoms with Crippen molar-refractivity contribution < 1.29 is 9.47 Å². The average Bonchev–Trinajstić information content (AvgIpc) is 2.46. The predicted octanol–water partition coefficient (Wildman–Crippen LogP) is 2.44. The van der Waals surface area contributed by atoms with E-state index >= 15 is 0 Å². The molecule has 104 valence electrons. The second-order valence-corrected chi connectivity index (χ2v) is 4.04. The number of ether oxygens (including phenoxy) is 2. The van der Waals surface area contributed by atoms with Gasteiger partial charge in [0.05, 0.1) is 24.8 Å². The Morgan fingerprint density at radius 2 is 1.74 bits per heavy atom. The molecule has 4 heteroatoms. The van der Waals surface area contributed by atoms with E-state index in [1.165, 1.54) is 0 Å². The summed E-state index contributed by atoms with van der Waals surface area (Å²) in [5.41, 5.74) is 1.72. The van der Waals surface area contributed by atoms with E-state index in [0.29, 0.717) is 18.8 Å². The van der Waals surface area contributed by atoms with Crippen LogP contribution in [0.3, 0.4) is 0 Å². The lowest BCUT2D eigenvalue weighted by Gasteiger charge is -2.24. The van der Waals surface area contributed by atoms with Gasteiger partial charge in [0, 0.05) is 32.0 Å². The third-order valence-electron chi connectivity index (χ3n) is 2.76. The molecular formula is C15H22N2O2. The molecule has 0 aliphatic heterocycles. The average molecular weight is 262 g/mol. The van der Waals surface area contributed by atoms with Crippen molar-refractivity contribution in [2.75, 3.05) is 44.4 Å². The highest BCUT2D eigenvalue weighted by Gasteiger charge is 2.07. The lowest BCUT2D eigenvalue weighted by Crippen LogP contribution is -2.31. The molecule has 0 unspecified atom stereocenters. The van der Waals surface area contributed by atoms with E-state index in [0.717, 1.165) is 32.0 Å². The van der Waals surface area contributed by atoms with Gasteiger partial charge in [-0.2, -0.15) is 5.26 Å². The van der Waals surface area contributed by atoms with E-state index in [4.69, 9.17) is 14.7 Å². The van der Waals surface area contributed by atoms with Gasteiger partial charge in [-0.3, -0.25) is 0 Å². The molecule has 0 aliphatic rings. The van der Waals surface area contributed by atoms with Crippen LogP contribution in [-0.2, 0) is 9.47 Å². The van der Waals surface area contributed by atoms with E-state index in [2.05, 4.69) is 11.0 Å². The Hall–Kier alpha value is -1.57. The van der Waals surface area contributed by atoms with Crippen LogP contribution >= 0.6 is 0 Å². The molecule has 4 nitrogen and oxygen atoms in total. The van der Waals surface area contributed by atoms with Crippen molar-refractivity contribution >= 4 is 5.69 Å².